The molecule has 2 unspecified atom stereocenters. The lowest BCUT2D eigenvalue weighted by molar-refractivity contribution is 0.311. The Morgan fingerprint density at radius 1 is 1.17 bits per heavy atom. The number of para-hydroxylation sites is 1. The number of alkyl halides is 1. The lowest BCUT2D eigenvalue weighted by Crippen LogP contribution is -2.12. The molecule has 0 heterocycles. The first-order chi connectivity index (χ1) is 8.83. The maximum absolute atomic E-state index is 5.91. The molecule has 0 aliphatic heterocycles. The highest BCUT2D eigenvalue weighted by atomic mass is 79.9. The Labute approximate surface area is 119 Å². The number of ether oxygens (including phenoxy) is 1. The highest BCUT2D eigenvalue weighted by Gasteiger charge is 2.25. The molecule has 1 fully saturated rings. The zero-order valence-corrected chi connectivity index (χ0v) is 12.8. The van der Waals surface area contributed by atoms with E-state index in [1.807, 2.05) is 0 Å². The van der Waals surface area contributed by atoms with E-state index in [1.165, 1.54) is 37.7 Å². The fraction of sp³-hybridized carbons (Fsp3) is 0.625. The molecule has 1 aromatic carbocycles. The van der Waals surface area contributed by atoms with E-state index in [1.54, 1.807) is 0 Å². The molecule has 100 valence electrons. The van der Waals surface area contributed by atoms with Gasteiger partial charge in [-0.2, -0.15) is 0 Å². The molecule has 0 radical (unpaired) electrons. The number of halogens is 1. The van der Waals surface area contributed by atoms with Crippen molar-refractivity contribution < 1.29 is 4.74 Å². The molecule has 1 aromatic rings. The smallest absolute Gasteiger partial charge is 0.122 e. The SMILES string of the molecule is CCCOc1ccccc1C1CCCCCC1Br. The number of benzene rings is 1. The van der Waals surface area contributed by atoms with Gasteiger partial charge in [0.1, 0.15) is 5.75 Å². The molecule has 1 aliphatic rings. The third-order valence-corrected chi connectivity index (χ3v) is 4.81. The molecule has 1 aliphatic carbocycles. The fourth-order valence-corrected chi connectivity index (χ4v) is 3.62. The van der Waals surface area contributed by atoms with Crippen LogP contribution in [0.5, 0.6) is 5.75 Å². The van der Waals surface area contributed by atoms with Gasteiger partial charge in [0.25, 0.3) is 0 Å². The maximum atomic E-state index is 5.91. The number of hydrogen-bond acceptors (Lipinski definition) is 1. The summed E-state index contributed by atoms with van der Waals surface area (Å²) in [6, 6.07) is 8.58. The van der Waals surface area contributed by atoms with Crippen LogP contribution in [0.25, 0.3) is 0 Å². The topological polar surface area (TPSA) is 9.23 Å². The van der Waals surface area contributed by atoms with Crippen LogP contribution in [-0.4, -0.2) is 11.4 Å². The van der Waals surface area contributed by atoms with E-state index in [0.29, 0.717) is 10.7 Å². The van der Waals surface area contributed by atoms with Gasteiger partial charge in [0.05, 0.1) is 6.61 Å². The van der Waals surface area contributed by atoms with Gasteiger partial charge in [-0.3, -0.25) is 0 Å². The molecule has 1 saturated carbocycles. The van der Waals surface area contributed by atoms with E-state index in [0.717, 1.165) is 18.8 Å². The van der Waals surface area contributed by atoms with Crippen LogP contribution in [0.4, 0.5) is 0 Å². The van der Waals surface area contributed by atoms with Gasteiger partial charge < -0.3 is 4.74 Å². The minimum Gasteiger partial charge on any atom is -0.493 e. The minimum atomic E-state index is 0.603. The monoisotopic (exact) mass is 310 g/mol. The number of hydrogen-bond donors (Lipinski definition) is 0. The van der Waals surface area contributed by atoms with Crippen molar-refractivity contribution in [3.63, 3.8) is 0 Å². The summed E-state index contributed by atoms with van der Waals surface area (Å²) in [5.74, 6) is 1.70. The average Bonchev–Trinajstić information content (AvgIpc) is 2.61. The number of rotatable bonds is 4. The molecule has 0 bridgehead atoms. The summed E-state index contributed by atoms with van der Waals surface area (Å²) in [6.07, 6.45) is 7.70. The normalized spacial score (nSPS) is 24.6. The van der Waals surface area contributed by atoms with Crippen LogP contribution < -0.4 is 4.74 Å². The van der Waals surface area contributed by atoms with Gasteiger partial charge in [-0.1, -0.05) is 60.3 Å². The largest absolute Gasteiger partial charge is 0.493 e. The first-order valence-corrected chi connectivity index (χ1v) is 8.10. The lowest BCUT2D eigenvalue weighted by atomic mass is 9.91. The highest BCUT2D eigenvalue weighted by Crippen LogP contribution is 2.40. The Bertz CT molecular complexity index is 364. The predicted octanol–water partition coefficient (Wildman–Crippen LogP) is 5.29. The minimum absolute atomic E-state index is 0.603. The van der Waals surface area contributed by atoms with Crippen LogP contribution >= 0.6 is 15.9 Å². The Balaban J connectivity index is 2.19. The third-order valence-electron chi connectivity index (χ3n) is 3.71. The second kappa shape index (κ2) is 7.18. The molecule has 1 nitrogen and oxygen atoms in total. The molecule has 18 heavy (non-hydrogen) atoms. The van der Waals surface area contributed by atoms with Crippen molar-refractivity contribution in [1.82, 2.24) is 0 Å². The summed E-state index contributed by atoms with van der Waals surface area (Å²) in [4.78, 5) is 0.603. The molecular weight excluding hydrogens is 288 g/mol. The predicted molar refractivity (Wildman–Crippen MR) is 80.8 cm³/mol. The van der Waals surface area contributed by atoms with Gasteiger partial charge in [-0.15, -0.1) is 0 Å². The van der Waals surface area contributed by atoms with Crippen molar-refractivity contribution in [3.8, 4) is 5.75 Å². The molecule has 2 heteroatoms. The summed E-state index contributed by atoms with van der Waals surface area (Å²) in [5, 5.41) is 0. The molecule has 0 amide bonds. The molecule has 0 N–H and O–H groups in total. The van der Waals surface area contributed by atoms with Gasteiger partial charge in [0, 0.05) is 10.7 Å². The van der Waals surface area contributed by atoms with E-state index < -0.39 is 0 Å². The van der Waals surface area contributed by atoms with E-state index in [4.69, 9.17) is 4.74 Å². The van der Waals surface area contributed by atoms with Gasteiger partial charge in [-0.05, 0) is 30.9 Å². The maximum Gasteiger partial charge on any atom is 0.122 e. The third kappa shape index (κ3) is 3.50. The molecule has 0 aromatic heterocycles. The van der Waals surface area contributed by atoms with Gasteiger partial charge in [0.2, 0.25) is 0 Å². The molecular formula is C16H23BrO. The summed E-state index contributed by atoms with van der Waals surface area (Å²) < 4.78 is 5.91. The van der Waals surface area contributed by atoms with Crippen molar-refractivity contribution in [3.05, 3.63) is 29.8 Å². The van der Waals surface area contributed by atoms with E-state index in [2.05, 4.69) is 47.1 Å². The molecule has 0 saturated heterocycles. The van der Waals surface area contributed by atoms with Crippen LogP contribution in [0.3, 0.4) is 0 Å². The second-order valence-electron chi connectivity index (χ2n) is 5.15. The zero-order valence-electron chi connectivity index (χ0n) is 11.2. The van der Waals surface area contributed by atoms with E-state index in [9.17, 15) is 0 Å². The highest BCUT2D eigenvalue weighted by molar-refractivity contribution is 9.09. The van der Waals surface area contributed by atoms with Crippen LogP contribution in [0.2, 0.25) is 0 Å². The van der Waals surface area contributed by atoms with Crippen molar-refractivity contribution in [2.24, 2.45) is 0 Å². The Morgan fingerprint density at radius 2 is 1.94 bits per heavy atom. The van der Waals surface area contributed by atoms with Crippen molar-refractivity contribution in [2.75, 3.05) is 6.61 Å². The second-order valence-corrected chi connectivity index (χ2v) is 6.32. The zero-order chi connectivity index (χ0) is 12.8. The van der Waals surface area contributed by atoms with Crippen LogP contribution in [0.15, 0.2) is 24.3 Å². The van der Waals surface area contributed by atoms with E-state index in [-0.39, 0.29) is 0 Å². The molecule has 2 rings (SSSR count). The average molecular weight is 311 g/mol. The van der Waals surface area contributed by atoms with Crippen LogP contribution in [0, 0.1) is 0 Å². The van der Waals surface area contributed by atoms with E-state index >= 15 is 0 Å². The summed E-state index contributed by atoms with van der Waals surface area (Å²) >= 11 is 3.89. The van der Waals surface area contributed by atoms with Gasteiger partial charge >= 0.3 is 0 Å². The quantitative estimate of drug-likeness (QED) is 0.542. The Morgan fingerprint density at radius 3 is 2.78 bits per heavy atom. The first kappa shape index (κ1) is 13.9. The summed E-state index contributed by atoms with van der Waals surface area (Å²) in [7, 11) is 0. The first-order valence-electron chi connectivity index (χ1n) is 7.18. The van der Waals surface area contributed by atoms with Crippen molar-refractivity contribution >= 4 is 15.9 Å². The van der Waals surface area contributed by atoms with Gasteiger partial charge in [0.15, 0.2) is 0 Å². The van der Waals surface area contributed by atoms with Crippen molar-refractivity contribution in [1.29, 1.82) is 0 Å². The standard InChI is InChI=1S/C16H23BrO/c1-2-12-18-16-11-7-6-9-14(16)13-8-4-3-5-10-15(13)17/h6-7,9,11,13,15H,2-5,8,10,12H2,1H3. The molecule has 2 atom stereocenters. The summed E-state index contributed by atoms with van der Waals surface area (Å²) in [6.45, 7) is 2.97. The van der Waals surface area contributed by atoms with Crippen LogP contribution in [-0.2, 0) is 0 Å². The molecule has 0 spiro atoms. The van der Waals surface area contributed by atoms with Gasteiger partial charge in [-0.25, -0.2) is 0 Å². The van der Waals surface area contributed by atoms with Crippen molar-refractivity contribution in [2.45, 2.75) is 56.2 Å². The van der Waals surface area contributed by atoms with Crippen LogP contribution in [0.1, 0.15) is 56.9 Å². The Hall–Kier alpha value is -0.500. The lowest BCUT2D eigenvalue weighted by Gasteiger charge is -2.23. The fourth-order valence-electron chi connectivity index (χ4n) is 2.74. The Kier molecular flexibility index (Phi) is 5.55. The summed E-state index contributed by atoms with van der Waals surface area (Å²) in [5.41, 5.74) is 1.40.